The van der Waals surface area contributed by atoms with Crippen LogP contribution in [0.2, 0.25) is 0 Å². The fraction of sp³-hybridized carbons (Fsp3) is 0.278. The first-order chi connectivity index (χ1) is 10.3. The molecule has 1 atom stereocenters. The molecule has 0 radical (unpaired) electrons. The average Bonchev–Trinajstić information content (AvgIpc) is 3.01. The summed E-state index contributed by atoms with van der Waals surface area (Å²) in [6, 6.07) is 17.6. The van der Waals surface area contributed by atoms with E-state index in [1.54, 1.807) is 0 Å². The van der Waals surface area contributed by atoms with E-state index in [-0.39, 0.29) is 6.04 Å². The molecular weight excluding hydrogens is 258 g/mol. The topological polar surface area (TPSA) is 29.9 Å². The van der Waals surface area contributed by atoms with E-state index in [2.05, 4.69) is 70.6 Å². The highest BCUT2D eigenvalue weighted by atomic mass is 15.3. The number of nitrogens with one attached hydrogen (secondary N) is 1. The lowest BCUT2D eigenvalue weighted by molar-refractivity contribution is 0.513. The van der Waals surface area contributed by atoms with E-state index in [1.165, 1.54) is 22.0 Å². The number of likely N-dealkylation sites (N-methyl/N-ethyl adjacent to an activating group) is 1. The molecule has 0 aliphatic rings. The monoisotopic (exact) mass is 279 g/mol. The zero-order valence-electron chi connectivity index (χ0n) is 12.6. The van der Waals surface area contributed by atoms with Crippen molar-refractivity contribution < 1.29 is 0 Å². The van der Waals surface area contributed by atoms with Gasteiger partial charge in [-0.25, -0.2) is 0 Å². The van der Waals surface area contributed by atoms with Gasteiger partial charge in [0.2, 0.25) is 0 Å². The van der Waals surface area contributed by atoms with Gasteiger partial charge in [-0.1, -0.05) is 42.5 Å². The minimum atomic E-state index is 0.286. The molecule has 0 bridgehead atoms. The molecule has 1 aromatic heterocycles. The molecule has 3 aromatic rings. The molecule has 0 saturated heterocycles. The molecule has 0 spiro atoms. The van der Waals surface area contributed by atoms with Crippen molar-refractivity contribution in [1.29, 1.82) is 0 Å². The summed E-state index contributed by atoms with van der Waals surface area (Å²) in [5.41, 5.74) is 2.59. The van der Waals surface area contributed by atoms with Crippen molar-refractivity contribution in [2.75, 3.05) is 7.05 Å². The van der Waals surface area contributed by atoms with Crippen LogP contribution in [0.15, 0.2) is 54.7 Å². The molecule has 1 heterocycles. The van der Waals surface area contributed by atoms with Crippen LogP contribution >= 0.6 is 0 Å². The van der Waals surface area contributed by atoms with Gasteiger partial charge in [0.1, 0.15) is 0 Å². The third kappa shape index (κ3) is 2.83. The van der Waals surface area contributed by atoms with E-state index in [1.807, 2.05) is 13.2 Å². The maximum absolute atomic E-state index is 4.37. The molecule has 0 aliphatic heterocycles. The Morgan fingerprint density at radius 3 is 2.67 bits per heavy atom. The van der Waals surface area contributed by atoms with Gasteiger partial charge in [-0.15, -0.1) is 0 Å². The molecule has 3 rings (SSSR count). The molecule has 0 aliphatic carbocycles. The number of hydrogen-bond donors (Lipinski definition) is 1. The van der Waals surface area contributed by atoms with Gasteiger partial charge < -0.3 is 5.32 Å². The molecule has 1 unspecified atom stereocenters. The summed E-state index contributed by atoms with van der Waals surface area (Å²) in [5.74, 6) is 0. The Bertz CT molecular complexity index is 730. The second kappa shape index (κ2) is 6.10. The van der Waals surface area contributed by atoms with Crippen molar-refractivity contribution in [3.63, 3.8) is 0 Å². The van der Waals surface area contributed by atoms with Gasteiger partial charge in [0.05, 0.1) is 11.7 Å². The van der Waals surface area contributed by atoms with Crippen LogP contribution in [0, 0.1) is 0 Å². The molecule has 2 aromatic carbocycles. The van der Waals surface area contributed by atoms with Crippen molar-refractivity contribution in [2.24, 2.45) is 0 Å². The van der Waals surface area contributed by atoms with Gasteiger partial charge in [-0.2, -0.15) is 5.10 Å². The zero-order chi connectivity index (χ0) is 14.7. The summed E-state index contributed by atoms with van der Waals surface area (Å²) >= 11 is 0. The van der Waals surface area contributed by atoms with Crippen LogP contribution in [-0.4, -0.2) is 16.8 Å². The predicted molar refractivity (Wildman–Crippen MR) is 87.4 cm³/mol. The third-order valence-corrected chi connectivity index (χ3v) is 4.01. The normalized spacial score (nSPS) is 12.7. The van der Waals surface area contributed by atoms with E-state index in [0.717, 1.165) is 13.0 Å². The highest BCUT2D eigenvalue weighted by Crippen LogP contribution is 2.21. The molecule has 1 N–H and O–H groups in total. The second-order valence-corrected chi connectivity index (χ2v) is 5.30. The van der Waals surface area contributed by atoms with E-state index in [9.17, 15) is 0 Å². The summed E-state index contributed by atoms with van der Waals surface area (Å²) in [6.07, 6.45) is 2.84. The van der Waals surface area contributed by atoms with Crippen molar-refractivity contribution >= 4 is 10.8 Å². The summed E-state index contributed by atoms with van der Waals surface area (Å²) in [4.78, 5) is 0. The van der Waals surface area contributed by atoms with E-state index in [0.29, 0.717) is 0 Å². The number of aromatic nitrogens is 2. The average molecular weight is 279 g/mol. The molecule has 0 saturated carbocycles. The molecule has 108 valence electrons. The fourth-order valence-electron chi connectivity index (χ4n) is 2.86. The molecule has 3 nitrogen and oxygen atoms in total. The van der Waals surface area contributed by atoms with Crippen LogP contribution in [0.3, 0.4) is 0 Å². The van der Waals surface area contributed by atoms with E-state index < -0.39 is 0 Å². The molecule has 21 heavy (non-hydrogen) atoms. The number of benzene rings is 2. The molecule has 3 heteroatoms. The van der Waals surface area contributed by atoms with Crippen LogP contribution in [-0.2, 0) is 13.0 Å². The number of fused-ring (bicyclic) bond motifs is 1. The lowest BCUT2D eigenvalue weighted by Gasteiger charge is -2.18. The number of aryl methyl sites for hydroxylation is 1. The van der Waals surface area contributed by atoms with Crippen molar-refractivity contribution in [3.8, 4) is 0 Å². The van der Waals surface area contributed by atoms with Crippen LogP contribution in [0.4, 0.5) is 0 Å². The Morgan fingerprint density at radius 2 is 1.90 bits per heavy atom. The summed E-state index contributed by atoms with van der Waals surface area (Å²) in [7, 11) is 2.01. The van der Waals surface area contributed by atoms with Gasteiger partial charge in [0.25, 0.3) is 0 Å². The first-order valence-electron chi connectivity index (χ1n) is 7.48. The smallest absolute Gasteiger partial charge is 0.0556 e. The van der Waals surface area contributed by atoms with Gasteiger partial charge in [-0.3, -0.25) is 4.68 Å². The molecular formula is C18H21N3. The first kappa shape index (κ1) is 13.8. The Morgan fingerprint density at radius 1 is 1.10 bits per heavy atom. The lowest BCUT2D eigenvalue weighted by atomic mass is 10.00. The standard InChI is InChI=1S/C18H21N3/c1-3-21-18(10-11-20-21)17(19-2)13-14-8-9-15-6-4-5-7-16(15)12-14/h4-12,17,19H,3,13H2,1-2H3. The van der Waals surface area contributed by atoms with Crippen LogP contribution in [0.25, 0.3) is 10.8 Å². The fourth-order valence-corrected chi connectivity index (χ4v) is 2.86. The van der Waals surface area contributed by atoms with E-state index in [4.69, 9.17) is 0 Å². The van der Waals surface area contributed by atoms with Gasteiger partial charge in [0, 0.05) is 12.7 Å². The minimum Gasteiger partial charge on any atom is -0.311 e. The Hall–Kier alpha value is -2.13. The highest BCUT2D eigenvalue weighted by molar-refractivity contribution is 5.83. The number of hydrogen-bond acceptors (Lipinski definition) is 2. The van der Waals surface area contributed by atoms with Crippen LogP contribution < -0.4 is 5.32 Å². The lowest BCUT2D eigenvalue weighted by Crippen LogP contribution is -2.22. The predicted octanol–water partition coefficient (Wildman–Crippen LogP) is 3.56. The summed E-state index contributed by atoms with van der Waals surface area (Å²) in [6.45, 7) is 3.03. The van der Waals surface area contributed by atoms with Gasteiger partial charge in [-0.05, 0) is 42.8 Å². The van der Waals surface area contributed by atoms with Crippen LogP contribution in [0.1, 0.15) is 24.2 Å². The van der Waals surface area contributed by atoms with Crippen molar-refractivity contribution in [2.45, 2.75) is 25.9 Å². The maximum Gasteiger partial charge on any atom is 0.0556 e. The maximum atomic E-state index is 4.37. The Balaban J connectivity index is 1.88. The third-order valence-electron chi connectivity index (χ3n) is 4.01. The minimum absolute atomic E-state index is 0.286. The number of nitrogens with zero attached hydrogens (tertiary/aromatic N) is 2. The first-order valence-corrected chi connectivity index (χ1v) is 7.48. The van der Waals surface area contributed by atoms with Crippen molar-refractivity contribution in [1.82, 2.24) is 15.1 Å². The van der Waals surface area contributed by atoms with E-state index >= 15 is 0 Å². The Kier molecular flexibility index (Phi) is 4.02. The van der Waals surface area contributed by atoms with Gasteiger partial charge in [0.15, 0.2) is 0 Å². The zero-order valence-corrected chi connectivity index (χ0v) is 12.6. The second-order valence-electron chi connectivity index (χ2n) is 5.30. The molecule has 0 fully saturated rings. The Labute approximate surface area is 125 Å². The van der Waals surface area contributed by atoms with Crippen LogP contribution in [0.5, 0.6) is 0 Å². The SMILES string of the molecule is CCn1nccc1C(Cc1ccc2ccccc2c1)NC. The van der Waals surface area contributed by atoms with Gasteiger partial charge >= 0.3 is 0 Å². The molecule has 0 amide bonds. The number of rotatable bonds is 5. The largest absolute Gasteiger partial charge is 0.311 e. The summed E-state index contributed by atoms with van der Waals surface area (Å²) in [5, 5.41) is 10.4. The summed E-state index contributed by atoms with van der Waals surface area (Å²) < 4.78 is 2.06. The quantitative estimate of drug-likeness (QED) is 0.774. The van der Waals surface area contributed by atoms with Crippen molar-refractivity contribution in [3.05, 3.63) is 66.0 Å². The highest BCUT2D eigenvalue weighted by Gasteiger charge is 2.14.